The van der Waals surface area contributed by atoms with Crippen molar-refractivity contribution in [2.75, 3.05) is 26.2 Å². The van der Waals surface area contributed by atoms with Gasteiger partial charge < -0.3 is 10.1 Å². The molecule has 2 heterocycles. The van der Waals surface area contributed by atoms with Crippen molar-refractivity contribution in [2.24, 2.45) is 0 Å². The van der Waals surface area contributed by atoms with Crippen LogP contribution in [0.2, 0.25) is 0 Å². The van der Waals surface area contributed by atoms with E-state index in [1.807, 2.05) is 0 Å². The number of likely N-dealkylation sites (tertiary alicyclic amines) is 1. The SMILES string of the molecule is CCNCCCC(C)N1CC2CCC(C1)O2. The maximum absolute atomic E-state index is 5.87. The Morgan fingerprint density at radius 3 is 2.62 bits per heavy atom. The predicted molar refractivity (Wildman–Crippen MR) is 66.7 cm³/mol. The molecule has 2 aliphatic heterocycles. The molecule has 1 N–H and O–H groups in total. The fourth-order valence-corrected chi connectivity index (χ4v) is 2.89. The van der Waals surface area contributed by atoms with E-state index in [0.717, 1.165) is 19.1 Å². The van der Waals surface area contributed by atoms with Crippen molar-refractivity contribution >= 4 is 0 Å². The number of nitrogens with zero attached hydrogens (tertiary/aromatic N) is 1. The Hall–Kier alpha value is -0.120. The normalized spacial score (nSPS) is 31.9. The van der Waals surface area contributed by atoms with E-state index in [0.29, 0.717) is 12.2 Å². The second-order valence-electron chi connectivity index (χ2n) is 5.26. The van der Waals surface area contributed by atoms with Gasteiger partial charge in [-0.15, -0.1) is 0 Å². The third-order valence-electron chi connectivity index (χ3n) is 3.92. The number of nitrogens with one attached hydrogen (secondary N) is 1. The first-order valence-electron chi connectivity index (χ1n) is 6.89. The molecule has 2 saturated heterocycles. The van der Waals surface area contributed by atoms with Gasteiger partial charge in [0.1, 0.15) is 0 Å². The summed E-state index contributed by atoms with van der Waals surface area (Å²) in [5, 5.41) is 3.39. The van der Waals surface area contributed by atoms with Gasteiger partial charge in [0.05, 0.1) is 12.2 Å². The average molecular weight is 226 g/mol. The van der Waals surface area contributed by atoms with E-state index in [4.69, 9.17) is 4.74 Å². The van der Waals surface area contributed by atoms with Crippen LogP contribution in [0.15, 0.2) is 0 Å². The summed E-state index contributed by atoms with van der Waals surface area (Å²) in [5.74, 6) is 0. The highest BCUT2D eigenvalue weighted by molar-refractivity contribution is 4.86. The van der Waals surface area contributed by atoms with E-state index < -0.39 is 0 Å². The van der Waals surface area contributed by atoms with Gasteiger partial charge in [-0.2, -0.15) is 0 Å². The van der Waals surface area contributed by atoms with E-state index in [1.54, 1.807) is 0 Å². The minimum Gasteiger partial charge on any atom is -0.372 e. The highest BCUT2D eigenvalue weighted by Crippen LogP contribution is 2.27. The first kappa shape index (κ1) is 12.3. The lowest BCUT2D eigenvalue weighted by Gasteiger charge is -2.36. The molecule has 0 radical (unpaired) electrons. The van der Waals surface area contributed by atoms with Gasteiger partial charge in [-0.25, -0.2) is 0 Å². The van der Waals surface area contributed by atoms with Gasteiger partial charge in [-0.05, 0) is 45.7 Å². The zero-order chi connectivity index (χ0) is 11.4. The zero-order valence-corrected chi connectivity index (χ0v) is 10.7. The Morgan fingerprint density at radius 1 is 1.31 bits per heavy atom. The summed E-state index contributed by atoms with van der Waals surface area (Å²) in [6.45, 7) is 9.13. The fourth-order valence-electron chi connectivity index (χ4n) is 2.89. The maximum Gasteiger partial charge on any atom is 0.0707 e. The van der Waals surface area contributed by atoms with Gasteiger partial charge in [0, 0.05) is 19.1 Å². The molecule has 2 bridgehead atoms. The molecule has 0 aromatic carbocycles. The lowest BCUT2D eigenvalue weighted by atomic mass is 10.1. The third-order valence-corrected chi connectivity index (χ3v) is 3.92. The van der Waals surface area contributed by atoms with Crippen LogP contribution in [0, 0.1) is 0 Å². The lowest BCUT2D eigenvalue weighted by Crippen LogP contribution is -2.47. The summed E-state index contributed by atoms with van der Waals surface area (Å²) < 4.78 is 5.87. The quantitative estimate of drug-likeness (QED) is 0.697. The summed E-state index contributed by atoms with van der Waals surface area (Å²) >= 11 is 0. The standard InChI is InChI=1S/C13H26N2O/c1-3-14-8-4-5-11(2)15-9-12-6-7-13(10-15)16-12/h11-14H,3-10H2,1-2H3. The van der Waals surface area contributed by atoms with Crippen LogP contribution < -0.4 is 5.32 Å². The molecule has 0 aromatic rings. The Bertz CT molecular complexity index is 198. The van der Waals surface area contributed by atoms with Crippen LogP contribution in [0.5, 0.6) is 0 Å². The van der Waals surface area contributed by atoms with Crippen molar-refractivity contribution in [1.82, 2.24) is 10.2 Å². The van der Waals surface area contributed by atoms with E-state index in [-0.39, 0.29) is 0 Å². The molecule has 0 aliphatic carbocycles. The fraction of sp³-hybridized carbons (Fsp3) is 1.00. The Labute approximate surface area is 99.5 Å². The molecule has 94 valence electrons. The van der Waals surface area contributed by atoms with Gasteiger partial charge in [-0.3, -0.25) is 4.90 Å². The van der Waals surface area contributed by atoms with Gasteiger partial charge in [-0.1, -0.05) is 6.92 Å². The van der Waals surface area contributed by atoms with Crippen molar-refractivity contribution < 1.29 is 4.74 Å². The highest BCUT2D eigenvalue weighted by atomic mass is 16.5. The van der Waals surface area contributed by atoms with Crippen molar-refractivity contribution in [3.05, 3.63) is 0 Å². The summed E-state index contributed by atoms with van der Waals surface area (Å²) in [6, 6.07) is 0.727. The number of morpholine rings is 1. The monoisotopic (exact) mass is 226 g/mol. The Balaban J connectivity index is 1.67. The Morgan fingerprint density at radius 2 is 2.00 bits per heavy atom. The topological polar surface area (TPSA) is 24.5 Å². The Kier molecular flexibility index (Phi) is 4.62. The van der Waals surface area contributed by atoms with Crippen molar-refractivity contribution in [3.63, 3.8) is 0 Å². The summed E-state index contributed by atoms with van der Waals surface area (Å²) in [5.41, 5.74) is 0. The molecule has 16 heavy (non-hydrogen) atoms. The van der Waals surface area contributed by atoms with Gasteiger partial charge in [0.15, 0.2) is 0 Å². The van der Waals surface area contributed by atoms with Crippen molar-refractivity contribution in [1.29, 1.82) is 0 Å². The smallest absolute Gasteiger partial charge is 0.0707 e. The molecular weight excluding hydrogens is 200 g/mol. The van der Waals surface area contributed by atoms with Crippen molar-refractivity contribution in [3.8, 4) is 0 Å². The van der Waals surface area contributed by atoms with Crippen LogP contribution in [0.4, 0.5) is 0 Å². The van der Waals surface area contributed by atoms with E-state index in [9.17, 15) is 0 Å². The van der Waals surface area contributed by atoms with Crippen LogP contribution in [-0.2, 0) is 4.74 Å². The first-order valence-corrected chi connectivity index (χ1v) is 6.89. The van der Waals surface area contributed by atoms with E-state index in [1.165, 1.54) is 38.8 Å². The van der Waals surface area contributed by atoms with E-state index >= 15 is 0 Å². The number of rotatable bonds is 6. The van der Waals surface area contributed by atoms with Crippen LogP contribution in [0.25, 0.3) is 0 Å². The predicted octanol–water partition coefficient (Wildman–Crippen LogP) is 1.63. The second kappa shape index (κ2) is 5.99. The van der Waals surface area contributed by atoms with Gasteiger partial charge >= 0.3 is 0 Å². The zero-order valence-electron chi connectivity index (χ0n) is 10.7. The molecule has 3 atom stereocenters. The molecule has 0 saturated carbocycles. The average Bonchev–Trinajstić information content (AvgIpc) is 2.63. The van der Waals surface area contributed by atoms with Crippen LogP contribution >= 0.6 is 0 Å². The van der Waals surface area contributed by atoms with Gasteiger partial charge in [0.2, 0.25) is 0 Å². The second-order valence-corrected chi connectivity index (χ2v) is 5.26. The molecule has 2 aliphatic rings. The summed E-state index contributed by atoms with van der Waals surface area (Å²) in [7, 11) is 0. The largest absolute Gasteiger partial charge is 0.372 e. The molecule has 2 rings (SSSR count). The number of ether oxygens (including phenoxy) is 1. The molecule has 3 unspecified atom stereocenters. The van der Waals surface area contributed by atoms with Crippen LogP contribution in [0.1, 0.15) is 39.5 Å². The van der Waals surface area contributed by atoms with Crippen LogP contribution in [-0.4, -0.2) is 49.3 Å². The first-order chi connectivity index (χ1) is 7.79. The maximum atomic E-state index is 5.87. The number of hydrogen-bond donors (Lipinski definition) is 1. The van der Waals surface area contributed by atoms with Gasteiger partial charge in [0.25, 0.3) is 0 Å². The highest BCUT2D eigenvalue weighted by Gasteiger charge is 2.34. The third kappa shape index (κ3) is 3.19. The molecule has 0 aromatic heterocycles. The molecule has 3 nitrogen and oxygen atoms in total. The lowest BCUT2D eigenvalue weighted by molar-refractivity contribution is -0.0514. The molecular formula is C13H26N2O. The molecule has 0 amide bonds. The van der Waals surface area contributed by atoms with Crippen LogP contribution in [0.3, 0.4) is 0 Å². The molecule has 3 heteroatoms. The minimum absolute atomic E-state index is 0.537. The van der Waals surface area contributed by atoms with Crippen molar-refractivity contribution in [2.45, 2.75) is 57.8 Å². The number of hydrogen-bond acceptors (Lipinski definition) is 3. The number of fused-ring (bicyclic) bond motifs is 2. The minimum atomic E-state index is 0.537. The van der Waals surface area contributed by atoms with E-state index in [2.05, 4.69) is 24.1 Å². The summed E-state index contributed by atoms with van der Waals surface area (Å²) in [6.07, 6.45) is 6.25. The molecule has 0 spiro atoms. The molecule has 2 fully saturated rings. The summed E-state index contributed by atoms with van der Waals surface area (Å²) in [4.78, 5) is 2.64.